The van der Waals surface area contributed by atoms with Crippen LogP contribution < -0.4 is 0 Å². The molecule has 0 amide bonds. The second-order valence-corrected chi connectivity index (χ2v) is 9.10. The number of nitrogens with zero attached hydrogens (tertiary/aromatic N) is 3. The summed E-state index contributed by atoms with van der Waals surface area (Å²) in [6, 6.07) is 17.7. The van der Waals surface area contributed by atoms with Gasteiger partial charge in [0.25, 0.3) is 10.0 Å². The fourth-order valence-corrected chi connectivity index (χ4v) is 4.67. The van der Waals surface area contributed by atoms with Crippen LogP contribution in [0.3, 0.4) is 0 Å². The third-order valence-electron chi connectivity index (χ3n) is 4.48. The van der Waals surface area contributed by atoms with E-state index in [9.17, 15) is 8.42 Å². The molecular formula is C21H14BrN3O2S. The van der Waals surface area contributed by atoms with Crippen LogP contribution in [0.1, 0.15) is 11.1 Å². The maximum absolute atomic E-state index is 13.3. The second-order valence-electron chi connectivity index (χ2n) is 6.37. The van der Waals surface area contributed by atoms with Crippen molar-refractivity contribution in [2.75, 3.05) is 0 Å². The van der Waals surface area contributed by atoms with E-state index in [1.54, 1.807) is 60.9 Å². The lowest BCUT2D eigenvalue weighted by Crippen LogP contribution is -2.12. The van der Waals surface area contributed by atoms with Crippen LogP contribution in [-0.4, -0.2) is 17.4 Å². The van der Waals surface area contributed by atoms with Crippen molar-refractivity contribution < 1.29 is 8.42 Å². The molecule has 0 atom stereocenters. The summed E-state index contributed by atoms with van der Waals surface area (Å²) in [6.45, 7) is 1.91. The van der Waals surface area contributed by atoms with Crippen LogP contribution in [0.4, 0.5) is 0 Å². The third-order valence-corrected chi connectivity index (χ3v) is 6.58. The minimum atomic E-state index is -3.81. The number of aryl methyl sites for hydroxylation is 1. The van der Waals surface area contributed by atoms with Gasteiger partial charge in [-0.25, -0.2) is 17.4 Å². The van der Waals surface area contributed by atoms with Crippen molar-refractivity contribution in [2.24, 2.45) is 0 Å². The molecule has 0 spiro atoms. The standard InChI is InChI=1S/C21H14BrN3O2S/c1-14-2-8-18(9-3-14)28(26,27)25-13-20(16-6-4-15(11-23)5-7-16)19-10-17(22)12-24-21(19)25/h2-10,12-13H,1H3. The number of pyridine rings is 1. The second kappa shape index (κ2) is 6.89. The van der Waals surface area contributed by atoms with Crippen molar-refractivity contribution in [3.05, 3.63) is 82.6 Å². The van der Waals surface area contributed by atoms with Gasteiger partial charge in [0.2, 0.25) is 0 Å². The number of rotatable bonds is 3. The van der Waals surface area contributed by atoms with Gasteiger partial charge in [-0.15, -0.1) is 0 Å². The molecule has 0 aliphatic carbocycles. The molecule has 0 fully saturated rings. The van der Waals surface area contributed by atoms with E-state index in [4.69, 9.17) is 5.26 Å². The van der Waals surface area contributed by atoms with Crippen LogP contribution in [0.15, 0.2) is 76.4 Å². The van der Waals surface area contributed by atoms with E-state index in [1.807, 2.05) is 13.0 Å². The smallest absolute Gasteiger partial charge is 0.236 e. The molecular weight excluding hydrogens is 438 g/mol. The van der Waals surface area contributed by atoms with Crippen molar-refractivity contribution in [1.29, 1.82) is 5.26 Å². The molecule has 2 heterocycles. The number of hydrogen-bond acceptors (Lipinski definition) is 4. The highest BCUT2D eigenvalue weighted by molar-refractivity contribution is 9.10. The first-order valence-corrected chi connectivity index (χ1v) is 10.6. The zero-order valence-corrected chi connectivity index (χ0v) is 17.2. The fourth-order valence-electron chi connectivity index (χ4n) is 3.02. The zero-order chi connectivity index (χ0) is 19.9. The van der Waals surface area contributed by atoms with Crippen molar-refractivity contribution in [3.8, 4) is 17.2 Å². The van der Waals surface area contributed by atoms with Crippen LogP contribution in [0.25, 0.3) is 22.2 Å². The molecule has 0 radical (unpaired) electrons. The average molecular weight is 452 g/mol. The average Bonchev–Trinajstić information content (AvgIpc) is 3.08. The lowest BCUT2D eigenvalue weighted by Gasteiger charge is -2.07. The Kier molecular flexibility index (Phi) is 4.53. The topological polar surface area (TPSA) is 75.8 Å². The molecule has 0 unspecified atom stereocenters. The zero-order valence-electron chi connectivity index (χ0n) is 14.8. The van der Waals surface area contributed by atoms with E-state index in [2.05, 4.69) is 27.0 Å². The maximum atomic E-state index is 13.3. The summed E-state index contributed by atoms with van der Waals surface area (Å²) in [4.78, 5) is 4.55. The van der Waals surface area contributed by atoms with Gasteiger partial charge in [-0.2, -0.15) is 5.26 Å². The molecule has 4 rings (SSSR count). The largest absolute Gasteiger partial charge is 0.269 e. The van der Waals surface area contributed by atoms with Gasteiger partial charge in [-0.05, 0) is 58.7 Å². The molecule has 28 heavy (non-hydrogen) atoms. The Bertz CT molecular complexity index is 1330. The molecule has 2 aromatic carbocycles. The van der Waals surface area contributed by atoms with Crippen molar-refractivity contribution in [3.63, 3.8) is 0 Å². The van der Waals surface area contributed by atoms with Crippen molar-refractivity contribution in [2.45, 2.75) is 11.8 Å². The van der Waals surface area contributed by atoms with E-state index in [-0.39, 0.29) is 4.90 Å². The van der Waals surface area contributed by atoms with E-state index in [0.717, 1.165) is 21.2 Å². The number of benzene rings is 2. The summed E-state index contributed by atoms with van der Waals surface area (Å²) >= 11 is 3.41. The maximum Gasteiger partial charge on any atom is 0.269 e. The monoisotopic (exact) mass is 451 g/mol. The summed E-state index contributed by atoms with van der Waals surface area (Å²) in [7, 11) is -3.81. The molecule has 138 valence electrons. The number of aromatic nitrogens is 2. The van der Waals surface area contributed by atoms with Gasteiger partial charge in [-0.1, -0.05) is 29.8 Å². The van der Waals surface area contributed by atoms with Crippen LogP contribution >= 0.6 is 15.9 Å². The summed E-state index contributed by atoms with van der Waals surface area (Å²) in [5, 5.41) is 9.72. The molecule has 0 aliphatic rings. The number of fused-ring (bicyclic) bond motifs is 1. The molecule has 7 heteroatoms. The molecule has 4 aromatic rings. The summed E-state index contributed by atoms with van der Waals surface area (Å²) in [5.74, 6) is 0. The van der Waals surface area contributed by atoms with E-state index in [1.165, 1.54) is 3.97 Å². The SMILES string of the molecule is Cc1ccc(S(=O)(=O)n2cc(-c3ccc(C#N)cc3)c3cc(Br)cnc32)cc1. The molecule has 0 bridgehead atoms. The van der Waals surface area contributed by atoms with E-state index < -0.39 is 10.0 Å². The highest BCUT2D eigenvalue weighted by Crippen LogP contribution is 2.33. The van der Waals surface area contributed by atoms with Gasteiger partial charge >= 0.3 is 0 Å². The molecule has 0 N–H and O–H groups in total. The predicted molar refractivity (Wildman–Crippen MR) is 111 cm³/mol. The van der Waals surface area contributed by atoms with Crippen molar-refractivity contribution >= 4 is 37.0 Å². The summed E-state index contributed by atoms with van der Waals surface area (Å²) in [6.07, 6.45) is 3.16. The summed E-state index contributed by atoms with van der Waals surface area (Å²) in [5.41, 5.74) is 3.41. The molecule has 2 aromatic heterocycles. The first kappa shape index (κ1) is 18.4. The normalized spacial score (nSPS) is 11.5. The molecule has 0 saturated heterocycles. The van der Waals surface area contributed by atoms with E-state index >= 15 is 0 Å². The Balaban J connectivity index is 1.97. The van der Waals surface area contributed by atoms with Crippen LogP contribution in [0.2, 0.25) is 0 Å². The molecule has 5 nitrogen and oxygen atoms in total. The molecule has 0 saturated carbocycles. The highest BCUT2D eigenvalue weighted by atomic mass is 79.9. The Morgan fingerprint density at radius 1 is 1.07 bits per heavy atom. The van der Waals surface area contributed by atoms with Gasteiger partial charge in [0, 0.05) is 27.8 Å². The van der Waals surface area contributed by atoms with Gasteiger partial charge in [0.15, 0.2) is 5.65 Å². The van der Waals surface area contributed by atoms with Crippen LogP contribution in [0.5, 0.6) is 0 Å². The minimum Gasteiger partial charge on any atom is -0.236 e. The lowest BCUT2D eigenvalue weighted by atomic mass is 10.0. The summed E-state index contributed by atoms with van der Waals surface area (Å²) < 4.78 is 28.5. The van der Waals surface area contributed by atoms with Crippen molar-refractivity contribution in [1.82, 2.24) is 8.96 Å². The van der Waals surface area contributed by atoms with Crippen LogP contribution in [-0.2, 0) is 10.0 Å². The number of nitriles is 1. The Labute approximate surface area is 171 Å². The van der Waals surface area contributed by atoms with E-state index in [0.29, 0.717) is 16.6 Å². The highest BCUT2D eigenvalue weighted by Gasteiger charge is 2.23. The first-order valence-electron chi connectivity index (χ1n) is 8.39. The quantitative estimate of drug-likeness (QED) is 0.444. The Morgan fingerprint density at radius 3 is 2.39 bits per heavy atom. The van der Waals surface area contributed by atoms with Gasteiger partial charge in [0.1, 0.15) is 0 Å². The first-order chi connectivity index (χ1) is 13.4. The minimum absolute atomic E-state index is 0.200. The predicted octanol–water partition coefficient (Wildman–Crippen LogP) is 4.88. The van der Waals surface area contributed by atoms with Gasteiger partial charge in [0.05, 0.1) is 16.5 Å². The van der Waals surface area contributed by atoms with Gasteiger partial charge in [-0.3, -0.25) is 0 Å². The number of halogens is 1. The Morgan fingerprint density at radius 2 is 1.75 bits per heavy atom. The van der Waals surface area contributed by atoms with Gasteiger partial charge < -0.3 is 0 Å². The number of hydrogen-bond donors (Lipinski definition) is 0. The Hall–Kier alpha value is -2.95. The lowest BCUT2D eigenvalue weighted by molar-refractivity contribution is 0.589. The fraction of sp³-hybridized carbons (Fsp3) is 0.0476. The van der Waals surface area contributed by atoms with Crippen LogP contribution in [0, 0.1) is 18.3 Å². The third kappa shape index (κ3) is 3.11. The molecule has 0 aliphatic heterocycles.